The van der Waals surface area contributed by atoms with Crippen molar-refractivity contribution in [3.8, 4) is 0 Å². The number of hydrogen-bond donors (Lipinski definition) is 0. The summed E-state index contributed by atoms with van der Waals surface area (Å²) in [6, 6.07) is 20.5. The molecule has 0 unspecified atom stereocenters. The van der Waals surface area contributed by atoms with Gasteiger partial charge < -0.3 is 9.80 Å². The maximum Gasteiger partial charge on any atom is 0.286 e. The van der Waals surface area contributed by atoms with Crippen LogP contribution in [0, 0.1) is 0 Å². The molecule has 0 N–H and O–H groups in total. The normalized spacial score (nSPS) is 18.6. The number of thioether (sulfide) groups is 1. The van der Waals surface area contributed by atoms with Crippen molar-refractivity contribution < 1.29 is 4.79 Å². The maximum absolute atomic E-state index is 12.4. The van der Waals surface area contributed by atoms with E-state index in [0.717, 1.165) is 47.8 Å². The van der Waals surface area contributed by atoms with Crippen LogP contribution >= 0.6 is 11.8 Å². The first kappa shape index (κ1) is 17.9. The number of benzene rings is 2. The lowest BCUT2D eigenvalue weighted by Gasteiger charge is -2.36. The van der Waals surface area contributed by atoms with E-state index in [1.165, 1.54) is 17.4 Å². The quantitative estimate of drug-likeness (QED) is 0.608. The number of rotatable bonds is 2. The smallest absolute Gasteiger partial charge is 0.286 e. The van der Waals surface area contributed by atoms with Gasteiger partial charge in [-0.2, -0.15) is 4.99 Å². The van der Waals surface area contributed by atoms with Crippen LogP contribution in [0.2, 0.25) is 0 Å². The molecule has 1 fully saturated rings. The monoisotopic (exact) mass is 400 g/mol. The Morgan fingerprint density at radius 1 is 0.897 bits per heavy atom. The first-order valence-electron chi connectivity index (χ1n) is 9.68. The molecular weight excluding hydrogens is 380 g/mol. The van der Waals surface area contributed by atoms with Gasteiger partial charge in [-0.05, 0) is 47.7 Å². The highest BCUT2D eigenvalue weighted by molar-refractivity contribution is 8.18. The molecule has 1 amide bonds. The maximum atomic E-state index is 12.4. The Hall–Kier alpha value is -3.12. The summed E-state index contributed by atoms with van der Waals surface area (Å²) in [5.41, 5.74) is 3.12. The summed E-state index contributed by atoms with van der Waals surface area (Å²) in [5.74, 6) is -0.163. The first-order valence-corrected chi connectivity index (χ1v) is 10.5. The van der Waals surface area contributed by atoms with E-state index < -0.39 is 0 Å². The minimum Gasteiger partial charge on any atom is -0.368 e. The highest BCUT2D eigenvalue weighted by atomic mass is 32.2. The topological polar surface area (TPSA) is 48.8 Å². The third-order valence-corrected chi connectivity index (χ3v) is 6.23. The number of hydrogen-bond acceptors (Lipinski definition) is 5. The van der Waals surface area contributed by atoms with Crippen molar-refractivity contribution in [2.45, 2.75) is 0 Å². The summed E-state index contributed by atoms with van der Waals surface area (Å²) in [6.07, 6.45) is 3.70. The van der Waals surface area contributed by atoms with Gasteiger partial charge in [-0.1, -0.05) is 36.4 Å². The van der Waals surface area contributed by atoms with E-state index in [9.17, 15) is 4.79 Å². The zero-order valence-corrected chi connectivity index (χ0v) is 16.7. The third kappa shape index (κ3) is 3.76. The SMILES string of the molecule is O=C1N=C(N2CCN(c3ccccc3)CC2)SC1=Cc1cnc2ccccc2c1. The molecule has 0 spiro atoms. The molecule has 5 nitrogen and oxygen atoms in total. The number of fused-ring (bicyclic) bond motifs is 1. The average molecular weight is 401 g/mol. The van der Waals surface area contributed by atoms with Crippen LogP contribution in [0.15, 0.2) is 76.8 Å². The highest BCUT2D eigenvalue weighted by Gasteiger charge is 2.28. The number of carbonyl (C=O) groups excluding carboxylic acids is 1. The third-order valence-electron chi connectivity index (χ3n) is 5.19. The number of amides is 1. The van der Waals surface area contributed by atoms with Crippen molar-refractivity contribution in [3.63, 3.8) is 0 Å². The van der Waals surface area contributed by atoms with Crippen LogP contribution in [-0.4, -0.2) is 47.1 Å². The van der Waals surface area contributed by atoms with Crippen LogP contribution in [-0.2, 0) is 4.79 Å². The van der Waals surface area contributed by atoms with Gasteiger partial charge in [0.2, 0.25) is 0 Å². The Morgan fingerprint density at radius 3 is 2.45 bits per heavy atom. The van der Waals surface area contributed by atoms with E-state index >= 15 is 0 Å². The van der Waals surface area contributed by atoms with E-state index in [2.05, 4.69) is 50.1 Å². The Kier molecular flexibility index (Phi) is 4.77. The lowest BCUT2D eigenvalue weighted by Crippen LogP contribution is -2.47. The molecule has 0 bridgehead atoms. The summed E-state index contributed by atoms with van der Waals surface area (Å²) in [5, 5.41) is 1.87. The van der Waals surface area contributed by atoms with Crippen LogP contribution in [0.5, 0.6) is 0 Å². The van der Waals surface area contributed by atoms with Crippen molar-refractivity contribution >= 4 is 45.5 Å². The minimum absolute atomic E-state index is 0.163. The molecule has 2 aliphatic heterocycles. The predicted molar refractivity (Wildman–Crippen MR) is 120 cm³/mol. The first-order chi connectivity index (χ1) is 14.3. The molecular formula is C23H20N4OS. The second kappa shape index (κ2) is 7.72. The number of amidine groups is 1. The molecule has 6 heteroatoms. The number of carbonyl (C=O) groups is 1. The van der Waals surface area contributed by atoms with E-state index in [0.29, 0.717) is 4.91 Å². The largest absolute Gasteiger partial charge is 0.368 e. The molecule has 0 aliphatic carbocycles. The van der Waals surface area contributed by atoms with Crippen LogP contribution in [0.1, 0.15) is 5.56 Å². The van der Waals surface area contributed by atoms with Gasteiger partial charge in [0.1, 0.15) is 0 Å². The average Bonchev–Trinajstić information content (AvgIpc) is 3.14. The zero-order valence-electron chi connectivity index (χ0n) is 15.9. The fourth-order valence-electron chi connectivity index (χ4n) is 3.65. The number of anilines is 1. The Bertz CT molecular complexity index is 1120. The molecule has 5 rings (SSSR count). The summed E-state index contributed by atoms with van der Waals surface area (Å²) < 4.78 is 0. The molecule has 0 saturated carbocycles. The van der Waals surface area contributed by atoms with E-state index in [4.69, 9.17) is 0 Å². The van der Waals surface area contributed by atoms with Crippen LogP contribution in [0.4, 0.5) is 5.69 Å². The molecule has 1 aromatic heterocycles. The lowest BCUT2D eigenvalue weighted by atomic mass is 10.1. The molecule has 0 radical (unpaired) electrons. The number of aliphatic imine (C=N–C) groups is 1. The fourth-order valence-corrected chi connectivity index (χ4v) is 4.61. The van der Waals surface area contributed by atoms with Gasteiger partial charge >= 0.3 is 0 Å². The second-order valence-electron chi connectivity index (χ2n) is 7.08. The van der Waals surface area contributed by atoms with Gasteiger partial charge in [0, 0.05) is 43.4 Å². The van der Waals surface area contributed by atoms with E-state index in [1.807, 2.05) is 36.4 Å². The highest BCUT2D eigenvalue weighted by Crippen LogP contribution is 2.31. The summed E-state index contributed by atoms with van der Waals surface area (Å²) in [6.45, 7) is 3.56. The van der Waals surface area contributed by atoms with Crippen molar-refractivity contribution in [2.24, 2.45) is 4.99 Å². The predicted octanol–water partition coefficient (Wildman–Crippen LogP) is 4.03. The number of piperazine rings is 1. The number of nitrogens with zero attached hydrogens (tertiary/aromatic N) is 4. The Balaban J connectivity index is 1.27. The second-order valence-corrected chi connectivity index (χ2v) is 8.09. The Labute approximate surface area is 173 Å². The number of pyridine rings is 1. The standard InChI is InChI=1S/C23H20N4OS/c28-22-21(15-17-14-18-6-4-5-9-20(18)24-16-17)29-23(25-22)27-12-10-26(11-13-27)19-7-2-1-3-8-19/h1-9,14-16H,10-13H2. The minimum atomic E-state index is -0.163. The van der Waals surface area contributed by atoms with Crippen molar-refractivity contribution in [2.75, 3.05) is 31.1 Å². The molecule has 29 heavy (non-hydrogen) atoms. The number of para-hydroxylation sites is 2. The zero-order chi connectivity index (χ0) is 19.6. The summed E-state index contributed by atoms with van der Waals surface area (Å²) >= 11 is 1.46. The Morgan fingerprint density at radius 2 is 1.62 bits per heavy atom. The van der Waals surface area contributed by atoms with Crippen LogP contribution in [0.25, 0.3) is 17.0 Å². The lowest BCUT2D eigenvalue weighted by molar-refractivity contribution is -0.113. The van der Waals surface area contributed by atoms with Crippen LogP contribution < -0.4 is 4.90 Å². The van der Waals surface area contributed by atoms with Gasteiger partial charge in [-0.15, -0.1) is 0 Å². The molecule has 2 aliphatic rings. The van der Waals surface area contributed by atoms with Crippen molar-refractivity contribution in [3.05, 3.63) is 77.3 Å². The molecule has 3 heterocycles. The fraction of sp³-hybridized carbons (Fsp3) is 0.174. The van der Waals surface area contributed by atoms with Gasteiger partial charge in [-0.25, -0.2) is 0 Å². The van der Waals surface area contributed by atoms with Gasteiger partial charge in [0.25, 0.3) is 5.91 Å². The van der Waals surface area contributed by atoms with E-state index in [-0.39, 0.29) is 5.91 Å². The molecule has 1 saturated heterocycles. The van der Waals surface area contributed by atoms with Gasteiger partial charge in [-0.3, -0.25) is 9.78 Å². The van der Waals surface area contributed by atoms with Crippen molar-refractivity contribution in [1.82, 2.24) is 9.88 Å². The molecule has 3 aromatic rings. The molecule has 144 valence electrons. The van der Waals surface area contributed by atoms with Gasteiger partial charge in [0.15, 0.2) is 5.17 Å². The van der Waals surface area contributed by atoms with E-state index in [1.54, 1.807) is 6.20 Å². The summed E-state index contributed by atoms with van der Waals surface area (Å²) in [4.78, 5) is 26.5. The van der Waals surface area contributed by atoms with Crippen LogP contribution in [0.3, 0.4) is 0 Å². The number of aromatic nitrogens is 1. The van der Waals surface area contributed by atoms with Gasteiger partial charge in [0.05, 0.1) is 10.4 Å². The summed E-state index contributed by atoms with van der Waals surface area (Å²) in [7, 11) is 0. The molecule has 2 aromatic carbocycles. The molecule has 0 atom stereocenters. The van der Waals surface area contributed by atoms with Crippen molar-refractivity contribution in [1.29, 1.82) is 0 Å².